The van der Waals surface area contributed by atoms with Crippen LogP contribution in [0.4, 0.5) is 0 Å². The van der Waals surface area contributed by atoms with E-state index in [9.17, 15) is 14.7 Å². The second-order valence-corrected chi connectivity index (χ2v) is 15.0. The number of hydrogen-bond acceptors (Lipinski definition) is 6. The quantitative estimate of drug-likeness (QED) is 0.194. The summed E-state index contributed by atoms with van der Waals surface area (Å²) in [6.07, 6.45) is 5.38. The number of amides is 2. The van der Waals surface area contributed by atoms with Gasteiger partial charge < -0.3 is 24.4 Å². The minimum Gasteiger partial charge on any atom is -0.465 e. The van der Waals surface area contributed by atoms with Gasteiger partial charge in [0.1, 0.15) is 17.6 Å². The molecule has 3 fully saturated rings. The molecule has 0 aliphatic carbocycles. The predicted molar refractivity (Wildman–Crippen MR) is 170 cm³/mol. The zero-order chi connectivity index (χ0) is 32.7. The smallest absolute Gasteiger partial charge is 0.312 e. The van der Waals surface area contributed by atoms with E-state index in [1.54, 1.807) is 17.1 Å². The van der Waals surface area contributed by atoms with E-state index in [1.165, 1.54) is 0 Å². The monoisotopic (exact) mass is 608 g/mol. The molecular weight excluding hydrogens is 556 g/mol. The maximum Gasteiger partial charge on any atom is 0.312 e. The van der Waals surface area contributed by atoms with Gasteiger partial charge in [-0.1, -0.05) is 70.2 Å². The Morgan fingerprint density at radius 1 is 1.18 bits per heavy atom. The minimum absolute atomic E-state index is 0.0826. The Morgan fingerprint density at radius 3 is 2.41 bits per heavy atom. The summed E-state index contributed by atoms with van der Waals surface area (Å²) < 4.78 is 12.6. The Kier molecular flexibility index (Phi) is 9.58. The van der Waals surface area contributed by atoms with Crippen molar-refractivity contribution in [3.8, 4) is 0 Å². The number of rotatable bonds is 13. The third kappa shape index (κ3) is 5.87. The molecule has 8 nitrogen and oxygen atoms in total. The average molecular weight is 609 g/mol. The Balaban J connectivity index is 1.86. The summed E-state index contributed by atoms with van der Waals surface area (Å²) in [6, 6.07) is 7.90. The van der Waals surface area contributed by atoms with Crippen LogP contribution < -0.4 is 0 Å². The van der Waals surface area contributed by atoms with Gasteiger partial charge in [-0.25, -0.2) is 0 Å². The van der Waals surface area contributed by atoms with Crippen molar-refractivity contribution in [1.29, 1.82) is 0 Å². The number of fused-ring (bicyclic) bond motifs is 1. The van der Waals surface area contributed by atoms with Crippen LogP contribution in [-0.2, 0) is 30.3 Å². The molecule has 3 saturated heterocycles. The minimum atomic E-state index is -1.24. The lowest BCUT2D eigenvalue weighted by Gasteiger charge is -2.46. The van der Waals surface area contributed by atoms with Gasteiger partial charge >= 0.3 is 5.97 Å². The van der Waals surface area contributed by atoms with Crippen LogP contribution in [0.5, 0.6) is 0 Å². The van der Waals surface area contributed by atoms with E-state index < -0.39 is 46.6 Å². The molecule has 8 heteroatoms. The van der Waals surface area contributed by atoms with E-state index in [-0.39, 0.29) is 42.9 Å². The molecule has 0 aromatic heterocycles. The van der Waals surface area contributed by atoms with Crippen molar-refractivity contribution >= 4 is 17.8 Å². The molecule has 0 radical (unpaired) electrons. The molecule has 3 aliphatic rings. The number of aliphatic hydroxyl groups excluding tert-OH is 1. The summed E-state index contributed by atoms with van der Waals surface area (Å²) in [6.45, 7) is 22.1. The number of ether oxygens (including phenoxy) is 2. The van der Waals surface area contributed by atoms with Crippen LogP contribution in [0, 0.1) is 23.2 Å². The SMILES string of the molecule is C=CCCOC(=O)[C@@H]1[C@H]2C(=O)N([C@@H](CO)Cc3ccccc3)C(C(=O)N(CC=C)C(C)(C)CC(C)(C)C)C23CC(C)[C@@]1(C)O3. The van der Waals surface area contributed by atoms with Gasteiger partial charge in [-0.3, -0.25) is 14.4 Å². The summed E-state index contributed by atoms with van der Waals surface area (Å²) in [5.41, 5.74) is -1.96. The van der Waals surface area contributed by atoms with Gasteiger partial charge in [0.2, 0.25) is 11.8 Å². The normalized spacial score (nSPS) is 30.2. The van der Waals surface area contributed by atoms with E-state index in [4.69, 9.17) is 9.47 Å². The molecule has 1 spiro atoms. The van der Waals surface area contributed by atoms with Crippen molar-refractivity contribution in [3.05, 3.63) is 61.2 Å². The van der Waals surface area contributed by atoms with E-state index in [0.717, 1.165) is 5.56 Å². The lowest BCUT2D eigenvalue weighted by atomic mass is 9.62. The number of nitrogens with zero attached hydrogens (tertiary/aromatic N) is 2. The third-order valence-electron chi connectivity index (χ3n) is 10.00. The lowest BCUT2D eigenvalue weighted by molar-refractivity contribution is -0.165. The summed E-state index contributed by atoms with van der Waals surface area (Å²) in [7, 11) is 0. The largest absolute Gasteiger partial charge is 0.465 e. The first-order chi connectivity index (χ1) is 20.6. The van der Waals surface area contributed by atoms with Gasteiger partial charge in [0, 0.05) is 12.1 Å². The van der Waals surface area contributed by atoms with Crippen molar-refractivity contribution in [2.75, 3.05) is 19.8 Å². The molecule has 242 valence electrons. The summed E-state index contributed by atoms with van der Waals surface area (Å²) >= 11 is 0. The summed E-state index contributed by atoms with van der Waals surface area (Å²) in [4.78, 5) is 47.0. The predicted octanol–water partition coefficient (Wildman–Crippen LogP) is 4.95. The molecular formula is C36H52N2O6. The molecule has 3 heterocycles. The van der Waals surface area contributed by atoms with Crippen molar-refractivity contribution in [1.82, 2.24) is 9.80 Å². The van der Waals surface area contributed by atoms with Crippen molar-refractivity contribution in [2.24, 2.45) is 23.2 Å². The van der Waals surface area contributed by atoms with Crippen LogP contribution in [0.1, 0.15) is 73.3 Å². The first kappa shape index (κ1) is 33.9. The van der Waals surface area contributed by atoms with E-state index in [2.05, 4.69) is 33.9 Å². The van der Waals surface area contributed by atoms with Gasteiger partial charge in [0.25, 0.3) is 0 Å². The van der Waals surface area contributed by atoms with Crippen LogP contribution in [0.25, 0.3) is 0 Å². The van der Waals surface area contributed by atoms with Gasteiger partial charge in [0.15, 0.2) is 0 Å². The summed E-state index contributed by atoms with van der Waals surface area (Å²) in [5, 5.41) is 10.8. The Morgan fingerprint density at radius 2 is 1.84 bits per heavy atom. The average Bonchev–Trinajstić information content (AvgIpc) is 3.45. The Hall–Kier alpha value is -2.97. The van der Waals surface area contributed by atoms with Crippen molar-refractivity contribution < 1.29 is 29.0 Å². The number of carbonyl (C=O) groups excluding carboxylic acids is 3. The van der Waals surface area contributed by atoms with Gasteiger partial charge in [-0.2, -0.15) is 0 Å². The van der Waals surface area contributed by atoms with Crippen molar-refractivity contribution in [2.45, 2.75) is 103 Å². The molecule has 1 N–H and O–H groups in total. The fourth-order valence-electron chi connectivity index (χ4n) is 8.48. The Bertz CT molecular complexity index is 1250. The van der Waals surface area contributed by atoms with Gasteiger partial charge in [-0.15, -0.1) is 13.2 Å². The zero-order valence-corrected chi connectivity index (χ0v) is 27.7. The fourth-order valence-corrected chi connectivity index (χ4v) is 8.48. The number of hydrogen-bond donors (Lipinski definition) is 1. The highest BCUT2D eigenvalue weighted by Gasteiger charge is 2.81. The summed E-state index contributed by atoms with van der Waals surface area (Å²) in [5.74, 6) is -2.99. The highest BCUT2D eigenvalue weighted by Crippen LogP contribution is 2.66. The number of aliphatic hydroxyl groups is 1. The first-order valence-corrected chi connectivity index (χ1v) is 15.9. The van der Waals surface area contributed by atoms with Crippen LogP contribution in [0.2, 0.25) is 0 Å². The number of carbonyl (C=O) groups is 3. The van der Waals surface area contributed by atoms with Crippen molar-refractivity contribution in [3.63, 3.8) is 0 Å². The van der Waals surface area contributed by atoms with Gasteiger partial charge in [-0.05, 0) is 63.4 Å². The number of benzene rings is 1. The molecule has 2 bridgehead atoms. The van der Waals surface area contributed by atoms with Crippen LogP contribution in [0.3, 0.4) is 0 Å². The van der Waals surface area contributed by atoms with Crippen LogP contribution >= 0.6 is 0 Å². The molecule has 3 unspecified atom stereocenters. The lowest BCUT2D eigenvalue weighted by Crippen LogP contribution is -2.62. The topological polar surface area (TPSA) is 96.4 Å². The highest BCUT2D eigenvalue weighted by atomic mass is 16.6. The number of esters is 1. The fraction of sp³-hybridized carbons (Fsp3) is 0.639. The molecule has 3 aliphatic heterocycles. The van der Waals surface area contributed by atoms with E-state index in [0.29, 0.717) is 25.7 Å². The molecule has 0 saturated carbocycles. The third-order valence-corrected chi connectivity index (χ3v) is 10.00. The molecule has 1 aromatic rings. The zero-order valence-electron chi connectivity index (χ0n) is 27.7. The van der Waals surface area contributed by atoms with E-state index in [1.807, 2.05) is 62.9 Å². The van der Waals surface area contributed by atoms with Crippen LogP contribution in [-0.4, -0.2) is 81.3 Å². The highest BCUT2D eigenvalue weighted by molar-refractivity contribution is 5.99. The maximum absolute atomic E-state index is 15.1. The second-order valence-electron chi connectivity index (χ2n) is 15.0. The first-order valence-electron chi connectivity index (χ1n) is 15.9. The maximum atomic E-state index is 15.1. The molecule has 44 heavy (non-hydrogen) atoms. The molecule has 1 aromatic carbocycles. The Labute approximate surface area is 263 Å². The van der Waals surface area contributed by atoms with Crippen LogP contribution in [0.15, 0.2) is 55.6 Å². The standard InChI is InChI=1S/C36H52N2O6/c1-10-12-19-43-32(42)28-27-30(40)38(26(22-39)20-25-16-14-13-15-17-25)29(36(27)21-24(3)35(28,9)44-36)31(41)37(18-11-2)34(7,8)23-33(4,5)6/h10-11,13-17,24,26-29,39H,1-2,12,18-23H2,3-9H3/t24?,26-,27+,28+,29?,35-,36?/m1/s1. The molecule has 4 rings (SSSR count). The second kappa shape index (κ2) is 12.4. The molecule has 7 atom stereocenters. The van der Waals surface area contributed by atoms with E-state index >= 15 is 4.79 Å². The van der Waals surface area contributed by atoms with Gasteiger partial charge in [0.05, 0.1) is 30.8 Å². The molecule has 2 amide bonds. The number of likely N-dealkylation sites (tertiary alicyclic amines) is 1.